The molecule has 0 saturated carbocycles. The van der Waals surface area contributed by atoms with Crippen LogP contribution >= 0.6 is 15.6 Å². The number of nitrogens with one attached hydrogen (secondary N) is 2. The van der Waals surface area contributed by atoms with Crippen molar-refractivity contribution in [2.75, 3.05) is 13.2 Å². The fourth-order valence-corrected chi connectivity index (χ4v) is 5.83. The van der Waals surface area contributed by atoms with E-state index in [0.717, 1.165) is 19.2 Å². The first-order chi connectivity index (χ1) is 18.0. The number of carbonyl (C=O) groups excluding carboxylic acids is 1. The van der Waals surface area contributed by atoms with Gasteiger partial charge in [0.05, 0.1) is 13.2 Å². The number of amides is 1. The Balaban J connectivity index is 0.00000420. The molecule has 2 fully saturated rings. The first-order valence-corrected chi connectivity index (χ1v) is 13.9. The number of aliphatic hydroxyl groups is 5. The van der Waals surface area contributed by atoms with Crippen molar-refractivity contribution in [2.45, 2.75) is 62.1 Å². The zero-order chi connectivity index (χ0) is 29.3. The van der Waals surface area contributed by atoms with Crippen molar-refractivity contribution in [1.29, 1.82) is 0 Å². The van der Waals surface area contributed by atoms with E-state index >= 15 is 0 Å². The number of hydrogen-bond acceptors (Lipinski definition) is 17. The Labute approximate surface area is 274 Å². The molecule has 2 aliphatic heterocycles. The van der Waals surface area contributed by atoms with Gasteiger partial charge in [0.15, 0.2) is 12.5 Å². The monoisotopic (exact) mass is 651 g/mol. The molecule has 24 heteroatoms. The minimum Gasteiger partial charge on any atom is -0.756 e. The predicted molar refractivity (Wildman–Crippen MR) is 116 cm³/mol. The summed E-state index contributed by atoms with van der Waals surface area (Å²) in [6.45, 7) is -1.09. The summed E-state index contributed by atoms with van der Waals surface area (Å²) in [5, 5.41) is 51.7. The normalized spacial score (nSPS) is 34.4. The molecule has 1 amide bonds. The molecule has 222 valence electrons. The van der Waals surface area contributed by atoms with E-state index in [-0.39, 0.29) is 59.1 Å². The van der Waals surface area contributed by atoms with E-state index in [9.17, 15) is 58.8 Å². The number of phosphoric acid groups is 2. The smallest absolute Gasteiger partial charge is 0.756 e. The standard InChI is InChI=1S/C17H27N3O17P2.2Na/c1-6(22)18-10-13(26)11(24)7(4-21)35-16(10)36-39(31,32)37-38(29,30)33-5-8-12(25)14(27)15(34-8)20-3-2-9(23)19-17(20)28;;/h2-3,7-8,10-16,21,24-27H,4-5H2,1H3,(H,18,22)(H,29,30)(H,31,32)(H,19,23,28);;/q;2*+1/p-2. The molecule has 0 spiro atoms. The maximum Gasteiger partial charge on any atom is 1.00 e. The molecule has 0 bridgehead atoms. The Morgan fingerprint density at radius 1 is 1.05 bits per heavy atom. The van der Waals surface area contributed by atoms with Crippen LogP contribution in [0.5, 0.6) is 0 Å². The van der Waals surface area contributed by atoms with Crippen LogP contribution in [0.2, 0.25) is 0 Å². The number of nitrogens with zero attached hydrogens (tertiary/aromatic N) is 1. The Morgan fingerprint density at radius 3 is 2.22 bits per heavy atom. The molecule has 3 rings (SSSR count). The Kier molecular flexibility index (Phi) is 15.2. The van der Waals surface area contributed by atoms with Crippen molar-refractivity contribution in [3.63, 3.8) is 0 Å². The molecular formula is C17H25N3Na2O17P2. The molecule has 7 N–H and O–H groups in total. The van der Waals surface area contributed by atoms with Crippen LogP contribution in [0.3, 0.4) is 0 Å². The largest absolute Gasteiger partial charge is 1.00 e. The van der Waals surface area contributed by atoms with E-state index in [4.69, 9.17) is 9.47 Å². The summed E-state index contributed by atoms with van der Waals surface area (Å²) in [7, 11) is -11.8. The number of hydrogen-bond donors (Lipinski definition) is 7. The third-order valence-corrected chi connectivity index (χ3v) is 8.07. The molecule has 3 heterocycles. The van der Waals surface area contributed by atoms with Crippen molar-refractivity contribution in [2.24, 2.45) is 0 Å². The van der Waals surface area contributed by atoms with Crippen LogP contribution < -0.4 is 85.5 Å². The Hall–Kier alpha value is 0.130. The summed E-state index contributed by atoms with van der Waals surface area (Å²) >= 11 is 0. The number of H-pyrrole nitrogens is 1. The van der Waals surface area contributed by atoms with Crippen LogP contribution in [0.25, 0.3) is 0 Å². The van der Waals surface area contributed by atoms with Gasteiger partial charge in [-0.3, -0.25) is 32.8 Å². The third kappa shape index (κ3) is 10.1. The quantitative estimate of drug-likeness (QED) is 0.0912. The van der Waals surface area contributed by atoms with Gasteiger partial charge in [0.25, 0.3) is 21.2 Å². The van der Waals surface area contributed by atoms with Crippen LogP contribution in [-0.2, 0) is 36.8 Å². The summed E-state index contributed by atoms with van der Waals surface area (Å²) in [5.41, 5.74) is -1.79. The molecule has 1 aromatic rings. The number of aliphatic hydroxyl groups excluding tert-OH is 5. The maximum atomic E-state index is 12.3. The van der Waals surface area contributed by atoms with Crippen LogP contribution in [0.15, 0.2) is 21.9 Å². The van der Waals surface area contributed by atoms with Gasteiger partial charge in [-0.25, -0.2) is 9.11 Å². The summed E-state index contributed by atoms with van der Waals surface area (Å²) < 4.78 is 48.2. The predicted octanol–water partition coefficient (Wildman–Crippen LogP) is -11.9. The molecule has 2 saturated heterocycles. The summed E-state index contributed by atoms with van der Waals surface area (Å²) in [6.07, 6.45) is -13.4. The molecule has 0 radical (unpaired) electrons. The van der Waals surface area contributed by atoms with Gasteiger partial charge in [0.1, 0.15) is 42.7 Å². The SMILES string of the molecule is CC(=O)NC1C(OP(=O)([O-])OP(=O)([O-])OCC2OC(n3ccc(=O)[nH]c3=O)C(O)C2O)OC(CO)C(O)C1O.[Na+].[Na+]. The van der Waals surface area contributed by atoms with Crippen molar-refractivity contribution in [3.05, 3.63) is 33.1 Å². The van der Waals surface area contributed by atoms with Gasteiger partial charge >= 0.3 is 64.8 Å². The second-order valence-electron chi connectivity index (χ2n) is 8.37. The zero-order valence-corrected chi connectivity index (χ0v) is 27.5. The number of phosphoric ester groups is 2. The van der Waals surface area contributed by atoms with E-state index in [1.54, 1.807) is 0 Å². The van der Waals surface area contributed by atoms with Crippen molar-refractivity contribution >= 4 is 21.6 Å². The van der Waals surface area contributed by atoms with E-state index in [1.165, 1.54) is 0 Å². The van der Waals surface area contributed by atoms with E-state index < -0.39 is 101 Å². The molecule has 0 aliphatic carbocycles. The second kappa shape index (κ2) is 15.9. The fraction of sp³-hybridized carbons (Fsp3) is 0.706. The number of carbonyl (C=O) groups is 1. The summed E-state index contributed by atoms with van der Waals surface area (Å²) in [4.78, 5) is 60.9. The van der Waals surface area contributed by atoms with Gasteiger partial charge in [-0.2, -0.15) is 0 Å². The Morgan fingerprint density at radius 2 is 1.66 bits per heavy atom. The Bertz CT molecular complexity index is 1250. The van der Waals surface area contributed by atoms with Gasteiger partial charge in [-0.05, 0) is 0 Å². The third-order valence-electron chi connectivity index (χ3n) is 5.54. The van der Waals surface area contributed by atoms with E-state index in [2.05, 4.69) is 18.7 Å². The molecule has 1 aromatic heterocycles. The zero-order valence-electron chi connectivity index (χ0n) is 21.7. The van der Waals surface area contributed by atoms with Gasteiger partial charge in [-0.1, -0.05) is 0 Å². The van der Waals surface area contributed by atoms with Crippen LogP contribution in [0, 0.1) is 0 Å². The average Bonchev–Trinajstić information content (AvgIpc) is 3.10. The second-order valence-corrected chi connectivity index (χ2v) is 11.3. The average molecular weight is 651 g/mol. The van der Waals surface area contributed by atoms with Gasteiger partial charge < -0.3 is 54.6 Å². The number of aromatic nitrogens is 2. The molecule has 41 heavy (non-hydrogen) atoms. The van der Waals surface area contributed by atoms with Crippen molar-refractivity contribution < 1.29 is 131 Å². The van der Waals surface area contributed by atoms with Crippen LogP contribution in [0.4, 0.5) is 0 Å². The van der Waals surface area contributed by atoms with Gasteiger partial charge in [-0.15, -0.1) is 0 Å². The first-order valence-electron chi connectivity index (χ1n) is 10.9. The molecule has 2 aliphatic rings. The number of ether oxygens (including phenoxy) is 2. The van der Waals surface area contributed by atoms with Crippen molar-refractivity contribution in [3.8, 4) is 0 Å². The molecule has 0 aromatic carbocycles. The fourth-order valence-electron chi connectivity index (χ4n) is 3.74. The minimum atomic E-state index is -5.94. The minimum absolute atomic E-state index is 0. The topological polar surface area (TPSA) is 312 Å². The number of aromatic amines is 1. The molecule has 20 nitrogen and oxygen atoms in total. The summed E-state index contributed by atoms with van der Waals surface area (Å²) in [5.74, 6) is -0.829. The number of rotatable bonds is 10. The van der Waals surface area contributed by atoms with Crippen molar-refractivity contribution in [1.82, 2.24) is 14.9 Å². The van der Waals surface area contributed by atoms with Crippen LogP contribution in [0.1, 0.15) is 13.2 Å². The maximum absolute atomic E-state index is 12.3. The van der Waals surface area contributed by atoms with Crippen LogP contribution in [-0.4, -0.2) is 103 Å². The molecular weight excluding hydrogens is 626 g/mol. The van der Waals surface area contributed by atoms with E-state index in [0.29, 0.717) is 4.57 Å². The first kappa shape index (κ1) is 39.2. The van der Waals surface area contributed by atoms with Gasteiger partial charge in [0, 0.05) is 19.2 Å². The van der Waals surface area contributed by atoms with E-state index in [1.807, 2.05) is 4.98 Å². The summed E-state index contributed by atoms with van der Waals surface area (Å²) in [6, 6.07) is -0.844. The van der Waals surface area contributed by atoms with Gasteiger partial charge in [0.2, 0.25) is 5.91 Å². The molecule has 11 atom stereocenters. The molecule has 11 unspecified atom stereocenters.